The Bertz CT molecular complexity index is 1230. The molecular weight excluding hydrogens is 418 g/mol. The average Bonchev–Trinajstić information content (AvgIpc) is 3.33. The first-order valence-electron chi connectivity index (χ1n) is 11.5. The lowest BCUT2D eigenvalue weighted by atomic mass is 10.1. The molecule has 1 saturated heterocycles. The number of rotatable bonds is 5. The molecule has 6 rings (SSSR count). The standard InChI is InChI=1S/C24H27N7O2/c1-16-3-2-4-17(13-16)19-7-8-30(27-19)21-15-23(29-9-11-33-12-10-29)31-22(26-21)14-20(28-31)24(32)25-18-5-6-18/h2-4,7-8,13-15,18-19,27H,5-6,9-12H2,1H3,(H,25,32). The Labute approximate surface area is 192 Å². The SMILES string of the molecule is Cc1cccc(C2C=CN(c3cc(N4CCOCC4)n4nc(C(=O)NC5CC5)cc4n3)N2)c1. The molecule has 0 bridgehead atoms. The van der Waals surface area contributed by atoms with E-state index in [1.54, 1.807) is 10.6 Å². The lowest BCUT2D eigenvalue weighted by Crippen LogP contribution is -2.38. The van der Waals surface area contributed by atoms with E-state index >= 15 is 0 Å². The predicted molar refractivity (Wildman–Crippen MR) is 125 cm³/mol. The molecule has 4 heterocycles. The van der Waals surface area contributed by atoms with Crippen LogP contribution in [0.4, 0.5) is 11.6 Å². The maximum atomic E-state index is 12.6. The molecule has 2 aromatic heterocycles. The number of amides is 1. The van der Waals surface area contributed by atoms with Crippen LogP contribution in [0.25, 0.3) is 5.65 Å². The van der Waals surface area contributed by atoms with Crippen molar-refractivity contribution in [2.24, 2.45) is 0 Å². The highest BCUT2D eigenvalue weighted by Gasteiger charge is 2.27. The molecule has 3 aliphatic rings. The molecule has 1 atom stereocenters. The number of nitrogens with zero attached hydrogens (tertiary/aromatic N) is 5. The normalized spacial score (nSPS) is 20.6. The van der Waals surface area contributed by atoms with Gasteiger partial charge in [0.2, 0.25) is 0 Å². The molecule has 2 aliphatic heterocycles. The average molecular weight is 446 g/mol. The molecule has 1 amide bonds. The van der Waals surface area contributed by atoms with E-state index in [1.165, 1.54) is 11.1 Å². The van der Waals surface area contributed by atoms with Crippen molar-refractivity contribution in [1.82, 2.24) is 25.3 Å². The number of benzene rings is 1. The van der Waals surface area contributed by atoms with E-state index in [4.69, 9.17) is 9.72 Å². The Morgan fingerprint density at radius 1 is 1.18 bits per heavy atom. The zero-order valence-electron chi connectivity index (χ0n) is 18.6. The van der Waals surface area contributed by atoms with Gasteiger partial charge in [-0.2, -0.15) is 9.61 Å². The third-order valence-electron chi connectivity index (χ3n) is 6.23. The fourth-order valence-electron chi connectivity index (χ4n) is 4.28. The molecule has 1 saturated carbocycles. The lowest BCUT2D eigenvalue weighted by Gasteiger charge is -2.29. The van der Waals surface area contributed by atoms with E-state index in [9.17, 15) is 4.79 Å². The Balaban J connectivity index is 1.34. The number of carbonyl (C=O) groups excluding carboxylic acids is 1. The summed E-state index contributed by atoms with van der Waals surface area (Å²) in [5, 5.41) is 9.57. The highest BCUT2D eigenvalue weighted by atomic mass is 16.5. The van der Waals surface area contributed by atoms with Gasteiger partial charge in [-0.25, -0.2) is 10.4 Å². The number of aromatic nitrogens is 3. The second-order valence-electron chi connectivity index (χ2n) is 8.85. The van der Waals surface area contributed by atoms with E-state index in [1.807, 2.05) is 17.3 Å². The van der Waals surface area contributed by atoms with Crippen LogP contribution in [-0.4, -0.2) is 52.9 Å². The van der Waals surface area contributed by atoms with Crippen molar-refractivity contribution in [3.8, 4) is 0 Å². The molecule has 0 spiro atoms. The van der Waals surface area contributed by atoms with Crippen molar-refractivity contribution in [2.45, 2.75) is 31.8 Å². The fourth-order valence-corrected chi connectivity index (χ4v) is 4.28. The molecule has 0 radical (unpaired) electrons. The van der Waals surface area contributed by atoms with Gasteiger partial charge in [0.15, 0.2) is 17.2 Å². The number of morpholine rings is 1. The molecule has 170 valence electrons. The highest BCUT2D eigenvalue weighted by Crippen LogP contribution is 2.28. The van der Waals surface area contributed by atoms with Gasteiger partial charge in [0.1, 0.15) is 5.82 Å². The Morgan fingerprint density at radius 2 is 2.03 bits per heavy atom. The first-order valence-corrected chi connectivity index (χ1v) is 11.5. The molecule has 1 unspecified atom stereocenters. The van der Waals surface area contributed by atoms with Gasteiger partial charge in [0, 0.05) is 37.5 Å². The third-order valence-corrected chi connectivity index (χ3v) is 6.23. The van der Waals surface area contributed by atoms with Crippen molar-refractivity contribution in [3.63, 3.8) is 0 Å². The molecule has 2 N–H and O–H groups in total. The molecule has 1 aromatic carbocycles. The van der Waals surface area contributed by atoms with Crippen LogP contribution in [0.15, 0.2) is 48.7 Å². The van der Waals surface area contributed by atoms with E-state index in [2.05, 4.69) is 58.0 Å². The minimum absolute atomic E-state index is 0.0690. The van der Waals surface area contributed by atoms with E-state index in [0.717, 1.165) is 37.6 Å². The first kappa shape index (κ1) is 20.2. The second-order valence-corrected chi connectivity index (χ2v) is 8.85. The summed E-state index contributed by atoms with van der Waals surface area (Å²) in [6, 6.07) is 12.6. The Kier molecular flexibility index (Phi) is 5.00. The molecule has 33 heavy (non-hydrogen) atoms. The zero-order valence-corrected chi connectivity index (χ0v) is 18.6. The van der Waals surface area contributed by atoms with Crippen molar-refractivity contribution in [3.05, 3.63) is 65.5 Å². The van der Waals surface area contributed by atoms with Crippen molar-refractivity contribution in [2.75, 3.05) is 36.2 Å². The van der Waals surface area contributed by atoms with Gasteiger partial charge < -0.3 is 15.0 Å². The van der Waals surface area contributed by atoms with Crippen LogP contribution in [0.2, 0.25) is 0 Å². The Hall–Kier alpha value is -3.43. The van der Waals surface area contributed by atoms with Crippen LogP contribution in [-0.2, 0) is 4.74 Å². The van der Waals surface area contributed by atoms with Gasteiger partial charge in [-0.1, -0.05) is 29.8 Å². The van der Waals surface area contributed by atoms with E-state index < -0.39 is 0 Å². The maximum Gasteiger partial charge on any atom is 0.272 e. The zero-order chi connectivity index (χ0) is 22.4. The van der Waals surface area contributed by atoms with Crippen molar-refractivity contribution in [1.29, 1.82) is 0 Å². The van der Waals surface area contributed by atoms with Crippen LogP contribution >= 0.6 is 0 Å². The van der Waals surface area contributed by atoms with Gasteiger partial charge in [-0.15, -0.1) is 0 Å². The summed E-state index contributed by atoms with van der Waals surface area (Å²) < 4.78 is 7.32. The first-order chi connectivity index (χ1) is 16.1. The number of carbonyl (C=O) groups is 1. The molecule has 3 aromatic rings. The number of fused-ring (bicyclic) bond motifs is 1. The summed E-state index contributed by atoms with van der Waals surface area (Å²) in [6.07, 6.45) is 6.21. The quantitative estimate of drug-likeness (QED) is 0.623. The highest BCUT2D eigenvalue weighted by molar-refractivity contribution is 5.93. The number of anilines is 2. The van der Waals surface area contributed by atoms with Gasteiger partial charge in [-0.05, 0) is 31.4 Å². The topological polar surface area (TPSA) is 87.0 Å². The summed E-state index contributed by atoms with van der Waals surface area (Å²) in [5.41, 5.74) is 6.98. The molecule has 2 fully saturated rings. The smallest absolute Gasteiger partial charge is 0.272 e. The van der Waals surface area contributed by atoms with Crippen molar-refractivity contribution >= 4 is 23.2 Å². The summed E-state index contributed by atoms with van der Waals surface area (Å²) in [5.74, 6) is 1.51. The molecule has 9 heteroatoms. The summed E-state index contributed by atoms with van der Waals surface area (Å²) in [7, 11) is 0. The number of ether oxygens (including phenoxy) is 1. The molecule has 1 aliphatic carbocycles. The van der Waals surface area contributed by atoms with Crippen LogP contribution in [0.5, 0.6) is 0 Å². The van der Waals surface area contributed by atoms with Crippen LogP contribution in [0.3, 0.4) is 0 Å². The van der Waals surface area contributed by atoms with Gasteiger partial charge >= 0.3 is 0 Å². The number of hydrazine groups is 1. The van der Waals surface area contributed by atoms with Crippen LogP contribution in [0, 0.1) is 6.92 Å². The molecule has 9 nitrogen and oxygen atoms in total. The fraction of sp³-hybridized carbons (Fsp3) is 0.375. The minimum Gasteiger partial charge on any atom is -0.378 e. The Morgan fingerprint density at radius 3 is 2.82 bits per heavy atom. The monoisotopic (exact) mass is 445 g/mol. The van der Waals surface area contributed by atoms with Crippen LogP contribution in [0.1, 0.15) is 40.5 Å². The largest absolute Gasteiger partial charge is 0.378 e. The predicted octanol–water partition coefficient (Wildman–Crippen LogP) is 2.35. The maximum absolute atomic E-state index is 12.6. The second kappa shape index (κ2) is 8.17. The van der Waals surface area contributed by atoms with Crippen LogP contribution < -0.4 is 20.7 Å². The number of nitrogens with one attached hydrogen (secondary N) is 2. The molecular formula is C24H27N7O2. The van der Waals surface area contributed by atoms with E-state index in [-0.39, 0.29) is 18.0 Å². The number of hydrogen-bond acceptors (Lipinski definition) is 7. The van der Waals surface area contributed by atoms with Gasteiger partial charge in [0.25, 0.3) is 5.91 Å². The van der Waals surface area contributed by atoms with E-state index in [0.29, 0.717) is 24.6 Å². The third kappa shape index (κ3) is 4.05. The summed E-state index contributed by atoms with van der Waals surface area (Å²) >= 11 is 0. The summed E-state index contributed by atoms with van der Waals surface area (Å²) in [6.45, 7) is 4.94. The minimum atomic E-state index is -0.142. The summed E-state index contributed by atoms with van der Waals surface area (Å²) in [4.78, 5) is 19.7. The van der Waals surface area contributed by atoms with Gasteiger partial charge in [-0.3, -0.25) is 9.80 Å². The lowest BCUT2D eigenvalue weighted by molar-refractivity contribution is 0.0945. The number of hydrogen-bond donors (Lipinski definition) is 2. The van der Waals surface area contributed by atoms with Crippen molar-refractivity contribution < 1.29 is 9.53 Å². The number of aryl methyl sites for hydroxylation is 1. The van der Waals surface area contributed by atoms with Gasteiger partial charge in [0.05, 0.1) is 19.3 Å².